The highest BCUT2D eigenvalue weighted by Gasteiger charge is 2.34. The van der Waals surface area contributed by atoms with Crippen LogP contribution in [-0.2, 0) is 9.53 Å². The third kappa shape index (κ3) is 3.22. The summed E-state index contributed by atoms with van der Waals surface area (Å²) >= 11 is 0. The Morgan fingerprint density at radius 1 is 1.53 bits per heavy atom. The lowest BCUT2D eigenvalue weighted by Crippen LogP contribution is -2.35. The second-order valence-electron chi connectivity index (χ2n) is 4.93. The minimum Gasteiger partial charge on any atom is -0.444 e. The predicted molar refractivity (Wildman–Crippen MR) is 56.6 cm³/mol. The summed E-state index contributed by atoms with van der Waals surface area (Å²) < 4.78 is 5.20. The van der Waals surface area contributed by atoms with Crippen molar-refractivity contribution in [2.75, 3.05) is 13.1 Å². The van der Waals surface area contributed by atoms with Crippen molar-refractivity contribution < 1.29 is 14.3 Å². The number of ether oxygens (including phenoxy) is 1. The van der Waals surface area contributed by atoms with Gasteiger partial charge in [0.25, 0.3) is 0 Å². The molecule has 0 saturated carbocycles. The average molecular weight is 213 g/mol. The highest BCUT2D eigenvalue weighted by Crippen LogP contribution is 2.18. The minimum absolute atomic E-state index is 0.00230. The number of ketones is 1. The van der Waals surface area contributed by atoms with Gasteiger partial charge in [0, 0.05) is 12.5 Å². The van der Waals surface area contributed by atoms with E-state index < -0.39 is 5.60 Å². The molecule has 1 heterocycles. The molecule has 0 aromatic carbocycles. The van der Waals surface area contributed by atoms with Crippen molar-refractivity contribution in [3.8, 4) is 0 Å². The fourth-order valence-corrected chi connectivity index (χ4v) is 1.57. The monoisotopic (exact) mass is 213 g/mol. The highest BCUT2D eigenvalue weighted by atomic mass is 16.6. The molecule has 4 heteroatoms. The summed E-state index contributed by atoms with van der Waals surface area (Å²) in [6, 6.07) is 0. The maximum absolute atomic E-state index is 11.6. The van der Waals surface area contributed by atoms with Crippen molar-refractivity contribution in [3.05, 3.63) is 0 Å². The van der Waals surface area contributed by atoms with Crippen LogP contribution in [0.2, 0.25) is 0 Å². The molecule has 1 atom stereocenters. The molecule has 0 aromatic heterocycles. The van der Waals surface area contributed by atoms with Gasteiger partial charge in [-0.05, 0) is 27.2 Å². The Bertz CT molecular complexity index is 267. The van der Waals surface area contributed by atoms with Gasteiger partial charge in [-0.3, -0.25) is 4.79 Å². The summed E-state index contributed by atoms with van der Waals surface area (Å²) in [6.45, 7) is 8.12. The first kappa shape index (κ1) is 12.0. The number of Topliss-reactive ketones (excluding diaryl/α,β-unsaturated/α-hetero) is 1. The number of likely N-dealkylation sites (tertiary alicyclic amines) is 1. The molecule has 4 nitrogen and oxygen atoms in total. The van der Waals surface area contributed by atoms with Crippen LogP contribution >= 0.6 is 0 Å². The first-order valence-electron chi connectivity index (χ1n) is 5.34. The molecule has 1 aliphatic rings. The van der Waals surface area contributed by atoms with Crippen LogP contribution in [0.15, 0.2) is 0 Å². The Hall–Kier alpha value is -1.06. The van der Waals surface area contributed by atoms with Crippen molar-refractivity contribution in [1.29, 1.82) is 0 Å². The number of carbonyl (C=O) groups is 2. The van der Waals surface area contributed by atoms with Crippen molar-refractivity contribution in [3.63, 3.8) is 0 Å². The Kier molecular flexibility index (Phi) is 3.37. The molecule has 1 aliphatic heterocycles. The minimum atomic E-state index is -0.496. The topological polar surface area (TPSA) is 46.6 Å². The van der Waals surface area contributed by atoms with Gasteiger partial charge in [-0.2, -0.15) is 0 Å². The summed E-state index contributed by atoms with van der Waals surface area (Å²) in [7, 11) is 0. The zero-order chi connectivity index (χ0) is 11.6. The van der Waals surface area contributed by atoms with Gasteiger partial charge >= 0.3 is 6.09 Å². The standard InChI is InChI=1S/C11H19NO3/c1-5-8-6-12(7-9(8)13)10(14)15-11(2,3)4/h8H,5-7H2,1-4H3/t8-/m1/s1. The van der Waals surface area contributed by atoms with E-state index in [-0.39, 0.29) is 24.3 Å². The average Bonchev–Trinajstić information content (AvgIpc) is 2.43. The quantitative estimate of drug-likeness (QED) is 0.667. The lowest BCUT2D eigenvalue weighted by molar-refractivity contribution is -0.119. The van der Waals surface area contributed by atoms with E-state index in [1.165, 1.54) is 4.90 Å². The normalized spacial score (nSPS) is 22.0. The molecule has 0 N–H and O–H groups in total. The Labute approximate surface area is 90.6 Å². The maximum Gasteiger partial charge on any atom is 0.410 e. The van der Waals surface area contributed by atoms with Gasteiger partial charge < -0.3 is 9.64 Å². The van der Waals surface area contributed by atoms with E-state index >= 15 is 0 Å². The molecule has 0 bridgehead atoms. The third-order valence-corrected chi connectivity index (χ3v) is 2.39. The second-order valence-corrected chi connectivity index (χ2v) is 4.93. The summed E-state index contributed by atoms with van der Waals surface area (Å²) in [6.07, 6.45) is 0.407. The van der Waals surface area contributed by atoms with Crippen molar-refractivity contribution in [2.45, 2.75) is 39.7 Å². The zero-order valence-electron chi connectivity index (χ0n) is 9.87. The third-order valence-electron chi connectivity index (χ3n) is 2.39. The number of hydrogen-bond acceptors (Lipinski definition) is 3. The smallest absolute Gasteiger partial charge is 0.410 e. The van der Waals surface area contributed by atoms with E-state index in [9.17, 15) is 9.59 Å². The van der Waals surface area contributed by atoms with Crippen molar-refractivity contribution >= 4 is 11.9 Å². The molecule has 0 unspecified atom stereocenters. The molecular weight excluding hydrogens is 194 g/mol. The molecule has 0 spiro atoms. The summed E-state index contributed by atoms with van der Waals surface area (Å²) in [5, 5.41) is 0. The van der Waals surface area contributed by atoms with E-state index in [1.54, 1.807) is 0 Å². The highest BCUT2D eigenvalue weighted by molar-refractivity contribution is 5.89. The Morgan fingerprint density at radius 3 is 2.53 bits per heavy atom. The number of amides is 1. The number of nitrogens with zero attached hydrogens (tertiary/aromatic N) is 1. The summed E-state index contributed by atoms with van der Waals surface area (Å²) in [5.41, 5.74) is -0.496. The van der Waals surface area contributed by atoms with Gasteiger partial charge in [-0.15, -0.1) is 0 Å². The van der Waals surface area contributed by atoms with Crippen LogP contribution in [0.1, 0.15) is 34.1 Å². The first-order chi connectivity index (χ1) is 6.83. The Balaban J connectivity index is 2.53. The predicted octanol–water partition coefficient (Wildman–Crippen LogP) is 1.83. The van der Waals surface area contributed by atoms with E-state index in [0.717, 1.165) is 6.42 Å². The zero-order valence-corrected chi connectivity index (χ0v) is 9.87. The maximum atomic E-state index is 11.6. The summed E-state index contributed by atoms with van der Waals surface area (Å²) in [5.74, 6) is 0.140. The fraction of sp³-hybridized carbons (Fsp3) is 0.818. The molecule has 0 aliphatic carbocycles. The summed E-state index contributed by atoms with van der Waals surface area (Å²) in [4.78, 5) is 24.5. The van der Waals surface area contributed by atoms with E-state index in [4.69, 9.17) is 4.74 Å². The van der Waals surface area contributed by atoms with Crippen LogP contribution in [0.5, 0.6) is 0 Å². The van der Waals surface area contributed by atoms with Gasteiger partial charge in [0.1, 0.15) is 5.60 Å². The van der Waals surface area contributed by atoms with E-state index in [2.05, 4.69) is 0 Å². The van der Waals surface area contributed by atoms with Crippen LogP contribution < -0.4 is 0 Å². The van der Waals surface area contributed by atoms with Gasteiger partial charge in [0.15, 0.2) is 5.78 Å². The number of rotatable bonds is 1. The molecule has 1 saturated heterocycles. The molecule has 86 valence electrons. The van der Waals surface area contributed by atoms with Gasteiger partial charge in [0.05, 0.1) is 6.54 Å². The SMILES string of the molecule is CC[C@@H]1CN(C(=O)OC(C)(C)C)CC1=O. The van der Waals surface area contributed by atoms with E-state index in [0.29, 0.717) is 6.54 Å². The van der Waals surface area contributed by atoms with Crippen LogP contribution in [0.25, 0.3) is 0 Å². The molecule has 1 fully saturated rings. The lowest BCUT2D eigenvalue weighted by Gasteiger charge is -2.23. The van der Waals surface area contributed by atoms with Crippen LogP contribution in [0, 0.1) is 5.92 Å². The van der Waals surface area contributed by atoms with Crippen LogP contribution in [-0.4, -0.2) is 35.5 Å². The van der Waals surface area contributed by atoms with Crippen LogP contribution in [0.3, 0.4) is 0 Å². The molecular formula is C11H19NO3. The van der Waals surface area contributed by atoms with Crippen molar-refractivity contribution in [1.82, 2.24) is 4.90 Å². The van der Waals surface area contributed by atoms with Crippen LogP contribution in [0.4, 0.5) is 4.79 Å². The van der Waals surface area contributed by atoms with Gasteiger partial charge in [-0.1, -0.05) is 6.92 Å². The molecule has 15 heavy (non-hydrogen) atoms. The van der Waals surface area contributed by atoms with Crippen molar-refractivity contribution in [2.24, 2.45) is 5.92 Å². The second kappa shape index (κ2) is 4.21. The fourth-order valence-electron chi connectivity index (χ4n) is 1.57. The first-order valence-corrected chi connectivity index (χ1v) is 5.34. The number of hydrogen-bond donors (Lipinski definition) is 0. The van der Waals surface area contributed by atoms with Gasteiger partial charge in [-0.25, -0.2) is 4.79 Å². The van der Waals surface area contributed by atoms with E-state index in [1.807, 2.05) is 27.7 Å². The Morgan fingerprint density at radius 2 is 2.13 bits per heavy atom. The largest absolute Gasteiger partial charge is 0.444 e. The van der Waals surface area contributed by atoms with Gasteiger partial charge in [0.2, 0.25) is 0 Å². The number of carbonyl (C=O) groups excluding carboxylic acids is 2. The lowest BCUT2D eigenvalue weighted by atomic mass is 10.1. The molecule has 0 radical (unpaired) electrons. The molecule has 0 aromatic rings. The molecule has 1 rings (SSSR count). The molecule has 1 amide bonds.